The molecular weight excluding hydrogens is 286 g/mol. The number of ether oxygens (including phenoxy) is 1. The SMILES string of the molecule is COC(=O)CSc1nc2ccccn2c1CNC(C)(C)C. The van der Waals surface area contributed by atoms with Gasteiger partial charge in [-0.1, -0.05) is 17.8 Å². The van der Waals surface area contributed by atoms with Crippen molar-refractivity contribution < 1.29 is 9.53 Å². The maximum atomic E-state index is 11.3. The third kappa shape index (κ3) is 4.22. The van der Waals surface area contributed by atoms with Crippen LogP contribution in [0.2, 0.25) is 0 Å². The Bertz CT molecular complexity index is 631. The van der Waals surface area contributed by atoms with Crippen LogP contribution in [0.5, 0.6) is 0 Å². The lowest BCUT2D eigenvalue weighted by molar-refractivity contribution is -0.137. The van der Waals surface area contributed by atoms with Crippen LogP contribution in [0.3, 0.4) is 0 Å². The van der Waals surface area contributed by atoms with E-state index in [0.717, 1.165) is 16.4 Å². The molecule has 0 amide bonds. The summed E-state index contributed by atoms with van der Waals surface area (Å²) in [5, 5.41) is 4.33. The van der Waals surface area contributed by atoms with Gasteiger partial charge in [0.25, 0.3) is 0 Å². The van der Waals surface area contributed by atoms with Crippen LogP contribution >= 0.6 is 11.8 Å². The summed E-state index contributed by atoms with van der Waals surface area (Å²) in [5.74, 6) is 0.0230. The molecule has 2 heterocycles. The number of carbonyl (C=O) groups is 1. The summed E-state index contributed by atoms with van der Waals surface area (Å²) in [4.78, 5) is 15.9. The molecular formula is C15H21N3O2S. The van der Waals surface area contributed by atoms with Gasteiger partial charge in [-0.3, -0.25) is 4.79 Å². The monoisotopic (exact) mass is 307 g/mol. The largest absolute Gasteiger partial charge is 0.468 e. The molecule has 0 spiro atoms. The van der Waals surface area contributed by atoms with Crippen LogP contribution in [-0.4, -0.2) is 33.8 Å². The van der Waals surface area contributed by atoms with E-state index in [0.29, 0.717) is 6.54 Å². The Hall–Kier alpha value is -1.53. The van der Waals surface area contributed by atoms with Crippen molar-refractivity contribution in [2.75, 3.05) is 12.9 Å². The molecule has 0 unspecified atom stereocenters. The Morgan fingerprint density at radius 2 is 2.19 bits per heavy atom. The minimum absolute atomic E-state index is 0.0171. The number of carbonyl (C=O) groups excluding carboxylic acids is 1. The van der Waals surface area contributed by atoms with E-state index in [-0.39, 0.29) is 17.3 Å². The first-order valence-electron chi connectivity index (χ1n) is 6.81. The Morgan fingerprint density at radius 1 is 1.43 bits per heavy atom. The summed E-state index contributed by atoms with van der Waals surface area (Å²) in [6, 6.07) is 5.89. The zero-order valence-electron chi connectivity index (χ0n) is 12.8. The summed E-state index contributed by atoms with van der Waals surface area (Å²) in [5.41, 5.74) is 1.97. The topological polar surface area (TPSA) is 55.6 Å². The second kappa shape index (κ2) is 6.49. The Kier molecular flexibility index (Phi) is 4.90. The Morgan fingerprint density at radius 3 is 2.86 bits per heavy atom. The van der Waals surface area contributed by atoms with Crippen LogP contribution in [0.15, 0.2) is 29.4 Å². The zero-order valence-corrected chi connectivity index (χ0v) is 13.7. The number of nitrogens with zero attached hydrogens (tertiary/aromatic N) is 2. The van der Waals surface area contributed by atoms with Crippen LogP contribution in [-0.2, 0) is 16.1 Å². The molecule has 0 saturated carbocycles. The fourth-order valence-corrected chi connectivity index (χ4v) is 2.70. The van der Waals surface area contributed by atoms with Gasteiger partial charge >= 0.3 is 5.97 Å². The average Bonchev–Trinajstić information content (AvgIpc) is 2.79. The molecule has 0 atom stereocenters. The summed E-state index contributed by atoms with van der Waals surface area (Å²) >= 11 is 1.41. The number of methoxy groups -OCH3 is 1. The van der Waals surface area contributed by atoms with E-state index in [1.165, 1.54) is 18.9 Å². The van der Waals surface area contributed by atoms with Crippen molar-refractivity contribution in [1.82, 2.24) is 14.7 Å². The van der Waals surface area contributed by atoms with Gasteiger partial charge < -0.3 is 14.5 Å². The smallest absolute Gasteiger partial charge is 0.316 e. The van der Waals surface area contributed by atoms with Crippen LogP contribution in [0.4, 0.5) is 0 Å². The highest BCUT2D eigenvalue weighted by molar-refractivity contribution is 7.99. The van der Waals surface area contributed by atoms with E-state index in [1.807, 2.05) is 24.4 Å². The van der Waals surface area contributed by atoms with Gasteiger partial charge in [0.2, 0.25) is 0 Å². The number of hydrogen-bond acceptors (Lipinski definition) is 5. The van der Waals surface area contributed by atoms with Crippen LogP contribution in [0.25, 0.3) is 5.65 Å². The molecule has 21 heavy (non-hydrogen) atoms. The summed E-state index contributed by atoms with van der Waals surface area (Å²) in [6.07, 6.45) is 1.99. The van der Waals surface area contributed by atoms with Crippen LogP contribution in [0, 0.1) is 0 Å². The number of pyridine rings is 1. The van der Waals surface area contributed by atoms with Gasteiger partial charge in [-0.15, -0.1) is 0 Å². The van der Waals surface area contributed by atoms with E-state index in [2.05, 4.69) is 35.5 Å². The fraction of sp³-hybridized carbons (Fsp3) is 0.467. The van der Waals surface area contributed by atoms with Gasteiger partial charge in [-0.25, -0.2) is 4.98 Å². The molecule has 5 nitrogen and oxygen atoms in total. The van der Waals surface area contributed by atoms with Crippen molar-refractivity contribution in [3.8, 4) is 0 Å². The minimum atomic E-state index is -0.244. The van der Waals surface area contributed by atoms with Crippen molar-refractivity contribution in [2.24, 2.45) is 0 Å². The lowest BCUT2D eigenvalue weighted by Crippen LogP contribution is -2.35. The van der Waals surface area contributed by atoms with E-state index < -0.39 is 0 Å². The molecule has 2 rings (SSSR count). The second-order valence-electron chi connectivity index (χ2n) is 5.76. The number of rotatable bonds is 5. The van der Waals surface area contributed by atoms with Gasteiger partial charge in [-0.05, 0) is 32.9 Å². The van der Waals surface area contributed by atoms with Crippen LogP contribution in [0.1, 0.15) is 26.5 Å². The molecule has 6 heteroatoms. The molecule has 0 radical (unpaired) electrons. The van der Waals surface area contributed by atoms with E-state index in [9.17, 15) is 4.79 Å². The average molecular weight is 307 g/mol. The third-order valence-corrected chi connectivity index (χ3v) is 3.91. The molecule has 0 saturated heterocycles. The molecule has 0 aliphatic rings. The van der Waals surface area contributed by atoms with Crippen LogP contribution < -0.4 is 5.32 Å². The Labute approximate surface area is 129 Å². The van der Waals surface area contributed by atoms with Crippen molar-refractivity contribution in [3.63, 3.8) is 0 Å². The summed E-state index contributed by atoms with van der Waals surface area (Å²) < 4.78 is 6.74. The molecule has 0 fully saturated rings. The highest BCUT2D eigenvalue weighted by atomic mass is 32.2. The molecule has 1 N–H and O–H groups in total. The van der Waals surface area contributed by atoms with Gasteiger partial charge in [0.1, 0.15) is 10.7 Å². The summed E-state index contributed by atoms with van der Waals surface area (Å²) in [7, 11) is 1.40. The maximum Gasteiger partial charge on any atom is 0.316 e. The number of nitrogens with one attached hydrogen (secondary N) is 1. The predicted octanol–water partition coefficient (Wildman–Crippen LogP) is 2.49. The molecule has 114 valence electrons. The van der Waals surface area contributed by atoms with Gasteiger partial charge in [-0.2, -0.15) is 0 Å². The minimum Gasteiger partial charge on any atom is -0.468 e. The van der Waals surface area contributed by atoms with E-state index in [4.69, 9.17) is 4.74 Å². The zero-order chi connectivity index (χ0) is 15.5. The number of esters is 1. The molecule has 0 aliphatic carbocycles. The first-order chi connectivity index (χ1) is 9.90. The van der Waals surface area contributed by atoms with Gasteiger partial charge in [0.05, 0.1) is 18.6 Å². The standard InChI is InChI=1S/C15H21N3O2S/c1-15(2,3)16-9-11-14(21-10-13(19)20-4)17-12-7-5-6-8-18(11)12/h5-8,16H,9-10H2,1-4H3. The second-order valence-corrected chi connectivity index (χ2v) is 6.72. The molecule has 0 bridgehead atoms. The predicted molar refractivity (Wildman–Crippen MR) is 84.5 cm³/mol. The van der Waals surface area contributed by atoms with Gasteiger partial charge in [0, 0.05) is 18.3 Å². The quantitative estimate of drug-likeness (QED) is 0.679. The molecule has 2 aromatic heterocycles. The van der Waals surface area contributed by atoms with E-state index >= 15 is 0 Å². The molecule has 2 aromatic rings. The highest BCUT2D eigenvalue weighted by Gasteiger charge is 2.16. The lowest BCUT2D eigenvalue weighted by atomic mass is 10.1. The number of thioether (sulfide) groups is 1. The first kappa shape index (κ1) is 15.9. The number of hydrogen-bond donors (Lipinski definition) is 1. The molecule has 0 aromatic carbocycles. The van der Waals surface area contributed by atoms with Crippen molar-refractivity contribution in [1.29, 1.82) is 0 Å². The summed E-state index contributed by atoms with van der Waals surface area (Å²) in [6.45, 7) is 7.06. The number of aromatic nitrogens is 2. The number of imidazole rings is 1. The highest BCUT2D eigenvalue weighted by Crippen LogP contribution is 2.24. The van der Waals surface area contributed by atoms with Crippen molar-refractivity contribution >= 4 is 23.4 Å². The maximum absolute atomic E-state index is 11.3. The fourth-order valence-electron chi connectivity index (χ4n) is 1.84. The van der Waals surface area contributed by atoms with E-state index in [1.54, 1.807) is 0 Å². The van der Waals surface area contributed by atoms with Gasteiger partial charge in [0.15, 0.2) is 0 Å². The van der Waals surface area contributed by atoms with Crippen molar-refractivity contribution in [3.05, 3.63) is 30.1 Å². The molecule has 0 aliphatic heterocycles. The first-order valence-corrected chi connectivity index (χ1v) is 7.80. The third-order valence-electron chi connectivity index (χ3n) is 2.93. The lowest BCUT2D eigenvalue weighted by Gasteiger charge is -2.20. The van der Waals surface area contributed by atoms with Crippen molar-refractivity contribution in [2.45, 2.75) is 37.9 Å². The Balaban J connectivity index is 2.27. The number of fused-ring (bicyclic) bond motifs is 1. The normalized spacial score (nSPS) is 11.8.